The number of benzene rings is 1. The van der Waals surface area contributed by atoms with E-state index in [4.69, 9.17) is 0 Å². The van der Waals surface area contributed by atoms with E-state index in [1.807, 2.05) is 44.4 Å². The fourth-order valence-corrected chi connectivity index (χ4v) is 2.13. The molecule has 1 aromatic carbocycles. The molecule has 0 fully saturated rings. The van der Waals surface area contributed by atoms with Crippen molar-refractivity contribution in [1.29, 1.82) is 0 Å². The average molecular weight is 336 g/mol. The van der Waals surface area contributed by atoms with Crippen molar-refractivity contribution >= 4 is 33.3 Å². The molecule has 0 aliphatic rings. The van der Waals surface area contributed by atoms with Crippen LogP contribution in [0, 0.1) is 0 Å². The van der Waals surface area contributed by atoms with Crippen molar-refractivity contribution in [3.05, 3.63) is 41.1 Å². The first-order chi connectivity index (χ1) is 9.69. The second kappa shape index (κ2) is 7.21. The van der Waals surface area contributed by atoms with Gasteiger partial charge in [-0.15, -0.1) is 0 Å². The maximum absolute atomic E-state index is 4.29. The minimum Gasteiger partial charge on any atom is -0.358 e. The van der Waals surface area contributed by atoms with Gasteiger partial charge in [-0.3, -0.25) is 0 Å². The van der Waals surface area contributed by atoms with E-state index < -0.39 is 0 Å². The molecule has 1 heterocycles. The van der Waals surface area contributed by atoms with Gasteiger partial charge in [0.2, 0.25) is 0 Å². The number of nitrogens with zero attached hydrogens (tertiary/aromatic N) is 3. The van der Waals surface area contributed by atoms with Crippen LogP contribution in [0.2, 0.25) is 0 Å². The van der Waals surface area contributed by atoms with Crippen LogP contribution in [0.5, 0.6) is 0 Å². The monoisotopic (exact) mass is 335 g/mol. The van der Waals surface area contributed by atoms with E-state index in [0.29, 0.717) is 0 Å². The Morgan fingerprint density at radius 3 is 2.85 bits per heavy atom. The first-order valence-electron chi connectivity index (χ1n) is 6.39. The van der Waals surface area contributed by atoms with Crippen molar-refractivity contribution in [2.75, 3.05) is 37.4 Å². The van der Waals surface area contributed by atoms with Crippen LogP contribution in [-0.2, 0) is 0 Å². The standard InChI is InChI=1S/C14H18BrN5/c1-16-6-7-20(2)14-9-13(17-10-18-14)19-12-5-3-4-11(15)8-12/h3-5,8-10,16H,6-7H2,1-2H3,(H,17,18,19). The number of rotatable bonds is 6. The summed E-state index contributed by atoms with van der Waals surface area (Å²) in [7, 11) is 3.95. The smallest absolute Gasteiger partial charge is 0.135 e. The third-order valence-electron chi connectivity index (χ3n) is 2.84. The maximum Gasteiger partial charge on any atom is 0.135 e. The highest BCUT2D eigenvalue weighted by Gasteiger charge is 2.04. The molecule has 0 saturated carbocycles. The molecule has 6 heteroatoms. The number of anilines is 3. The Morgan fingerprint density at radius 1 is 1.25 bits per heavy atom. The average Bonchev–Trinajstić information content (AvgIpc) is 2.45. The van der Waals surface area contributed by atoms with E-state index in [0.717, 1.165) is 34.9 Å². The van der Waals surface area contributed by atoms with Gasteiger partial charge < -0.3 is 15.5 Å². The molecule has 0 amide bonds. The Bertz CT molecular complexity index is 561. The van der Waals surface area contributed by atoms with Crippen LogP contribution in [0.1, 0.15) is 0 Å². The topological polar surface area (TPSA) is 53.1 Å². The summed E-state index contributed by atoms with van der Waals surface area (Å²) in [6.45, 7) is 1.80. The van der Waals surface area contributed by atoms with Gasteiger partial charge in [-0.25, -0.2) is 9.97 Å². The van der Waals surface area contributed by atoms with Crippen LogP contribution in [0.15, 0.2) is 41.1 Å². The molecule has 20 heavy (non-hydrogen) atoms. The van der Waals surface area contributed by atoms with Crippen LogP contribution in [0.25, 0.3) is 0 Å². The van der Waals surface area contributed by atoms with Gasteiger partial charge in [0.25, 0.3) is 0 Å². The molecule has 2 aromatic rings. The van der Waals surface area contributed by atoms with Crippen LogP contribution < -0.4 is 15.5 Å². The fourth-order valence-electron chi connectivity index (χ4n) is 1.73. The Hall–Kier alpha value is -1.66. The van der Waals surface area contributed by atoms with Gasteiger partial charge >= 0.3 is 0 Å². The summed E-state index contributed by atoms with van der Waals surface area (Å²) in [4.78, 5) is 10.6. The second-order valence-electron chi connectivity index (χ2n) is 4.42. The summed E-state index contributed by atoms with van der Waals surface area (Å²) in [6, 6.07) is 9.91. The van der Waals surface area contributed by atoms with Gasteiger partial charge in [-0.1, -0.05) is 22.0 Å². The van der Waals surface area contributed by atoms with E-state index in [2.05, 4.69) is 41.4 Å². The molecule has 2 N–H and O–H groups in total. The third kappa shape index (κ3) is 4.18. The summed E-state index contributed by atoms with van der Waals surface area (Å²) in [6.07, 6.45) is 1.57. The van der Waals surface area contributed by atoms with Crippen molar-refractivity contribution in [3.8, 4) is 0 Å². The molecule has 0 bridgehead atoms. The lowest BCUT2D eigenvalue weighted by Gasteiger charge is -2.18. The Balaban J connectivity index is 2.09. The Kier molecular flexibility index (Phi) is 5.31. The summed E-state index contributed by atoms with van der Waals surface area (Å²) >= 11 is 3.45. The summed E-state index contributed by atoms with van der Waals surface area (Å²) in [5.74, 6) is 1.68. The zero-order valence-electron chi connectivity index (χ0n) is 11.6. The van der Waals surface area contributed by atoms with Crippen LogP contribution in [0.4, 0.5) is 17.3 Å². The van der Waals surface area contributed by atoms with E-state index in [-0.39, 0.29) is 0 Å². The third-order valence-corrected chi connectivity index (χ3v) is 3.33. The first-order valence-corrected chi connectivity index (χ1v) is 7.18. The highest BCUT2D eigenvalue weighted by atomic mass is 79.9. The van der Waals surface area contributed by atoms with Gasteiger partial charge in [-0.05, 0) is 25.2 Å². The molecule has 0 aliphatic heterocycles. The highest BCUT2D eigenvalue weighted by molar-refractivity contribution is 9.10. The minimum atomic E-state index is 0.782. The van der Waals surface area contributed by atoms with Crippen LogP contribution >= 0.6 is 15.9 Å². The number of likely N-dealkylation sites (N-methyl/N-ethyl adjacent to an activating group) is 2. The largest absolute Gasteiger partial charge is 0.358 e. The quantitative estimate of drug-likeness (QED) is 0.849. The predicted molar refractivity (Wildman–Crippen MR) is 86.7 cm³/mol. The molecule has 0 saturated heterocycles. The molecule has 0 unspecified atom stereocenters. The van der Waals surface area contributed by atoms with Gasteiger partial charge in [0.15, 0.2) is 0 Å². The van der Waals surface area contributed by atoms with Gasteiger partial charge in [0.1, 0.15) is 18.0 Å². The van der Waals surface area contributed by atoms with Crippen molar-refractivity contribution in [2.24, 2.45) is 0 Å². The lowest BCUT2D eigenvalue weighted by molar-refractivity contribution is 0.760. The lowest BCUT2D eigenvalue weighted by Crippen LogP contribution is -2.27. The van der Waals surface area contributed by atoms with Crippen LogP contribution in [0.3, 0.4) is 0 Å². The van der Waals surface area contributed by atoms with E-state index in [1.54, 1.807) is 6.33 Å². The molecule has 0 aliphatic carbocycles. The zero-order valence-corrected chi connectivity index (χ0v) is 13.2. The Labute approximate surface area is 127 Å². The fraction of sp³-hybridized carbons (Fsp3) is 0.286. The van der Waals surface area contributed by atoms with Gasteiger partial charge in [0.05, 0.1) is 0 Å². The molecule has 5 nitrogen and oxygen atoms in total. The first kappa shape index (κ1) is 14.7. The van der Waals surface area contributed by atoms with Crippen molar-refractivity contribution in [1.82, 2.24) is 15.3 Å². The molecular formula is C14H18BrN5. The summed E-state index contributed by atoms with van der Waals surface area (Å²) < 4.78 is 1.03. The maximum atomic E-state index is 4.29. The molecule has 0 spiro atoms. The number of hydrogen-bond acceptors (Lipinski definition) is 5. The number of aromatic nitrogens is 2. The SMILES string of the molecule is CNCCN(C)c1cc(Nc2cccc(Br)c2)ncn1. The number of nitrogens with one attached hydrogen (secondary N) is 2. The summed E-state index contributed by atoms with van der Waals surface area (Å²) in [5, 5.41) is 6.40. The number of hydrogen-bond donors (Lipinski definition) is 2. The molecule has 1 aromatic heterocycles. The molecule has 0 radical (unpaired) electrons. The minimum absolute atomic E-state index is 0.782. The summed E-state index contributed by atoms with van der Waals surface area (Å²) in [5.41, 5.74) is 0.988. The zero-order chi connectivity index (χ0) is 14.4. The molecular weight excluding hydrogens is 318 g/mol. The van der Waals surface area contributed by atoms with E-state index in [1.165, 1.54) is 0 Å². The highest BCUT2D eigenvalue weighted by Crippen LogP contribution is 2.20. The molecule has 0 atom stereocenters. The predicted octanol–water partition coefficient (Wildman–Crippen LogP) is 2.64. The Morgan fingerprint density at radius 2 is 2.10 bits per heavy atom. The van der Waals surface area contributed by atoms with Crippen molar-refractivity contribution < 1.29 is 0 Å². The molecule has 106 valence electrons. The molecule has 2 rings (SSSR count). The lowest BCUT2D eigenvalue weighted by atomic mass is 10.3. The van der Waals surface area contributed by atoms with Crippen LogP contribution in [-0.4, -0.2) is 37.2 Å². The normalized spacial score (nSPS) is 10.3. The number of halogens is 1. The second-order valence-corrected chi connectivity index (χ2v) is 5.34. The van der Waals surface area contributed by atoms with Crippen molar-refractivity contribution in [3.63, 3.8) is 0 Å². The van der Waals surface area contributed by atoms with Gasteiger partial charge in [-0.2, -0.15) is 0 Å². The van der Waals surface area contributed by atoms with E-state index in [9.17, 15) is 0 Å². The van der Waals surface area contributed by atoms with E-state index >= 15 is 0 Å². The van der Waals surface area contributed by atoms with Gasteiger partial charge in [0, 0.05) is 36.4 Å². The van der Waals surface area contributed by atoms with Crippen molar-refractivity contribution in [2.45, 2.75) is 0 Å².